The number of morpholine rings is 1. The molecule has 2 fully saturated rings. The molecule has 4 rings (SSSR count). The van der Waals surface area contributed by atoms with Crippen molar-refractivity contribution in [3.8, 4) is 0 Å². The second kappa shape index (κ2) is 8.82. The van der Waals surface area contributed by atoms with Crippen LogP contribution in [0.1, 0.15) is 25.5 Å². The van der Waals surface area contributed by atoms with Crippen molar-refractivity contribution in [3.05, 3.63) is 42.1 Å². The number of aromatic nitrogens is 2. The van der Waals surface area contributed by atoms with E-state index in [1.165, 1.54) is 11.8 Å². The van der Waals surface area contributed by atoms with Crippen LogP contribution in [0.2, 0.25) is 0 Å². The largest absolute Gasteiger partial charge is 0.381 e. The molecule has 0 saturated carbocycles. The van der Waals surface area contributed by atoms with Crippen LogP contribution in [0.3, 0.4) is 0 Å². The minimum absolute atomic E-state index is 0.191. The van der Waals surface area contributed by atoms with E-state index in [0.717, 1.165) is 12.4 Å². The van der Waals surface area contributed by atoms with E-state index in [1.807, 2.05) is 30.5 Å². The van der Waals surface area contributed by atoms with Crippen molar-refractivity contribution in [2.75, 3.05) is 44.1 Å². The summed E-state index contributed by atoms with van der Waals surface area (Å²) in [6.07, 6.45) is 2.93. The Bertz CT molecular complexity index is 979. The summed E-state index contributed by atoms with van der Waals surface area (Å²) in [5.74, 6) is 0.814. The van der Waals surface area contributed by atoms with E-state index in [-0.39, 0.29) is 6.04 Å². The smallest absolute Gasteiger partial charge is 0.189 e. The molecule has 2 aliphatic heterocycles. The van der Waals surface area contributed by atoms with Crippen LogP contribution in [0.15, 0.2) is 46.5 Å². The molecule has 1 N–H and O–H groups in total. The van der Waals surface area contributed by atoms with Crippen LogP contribution in [-0.2, 0) is 23.9 Å². The summed E-state index contributed by atoms with van der Waals surface area (Å²) >= 11 is 1.47. The van der Waals surface area contributed by atoms with E-state index in [9.17, 15) is 4.21 Å². The van der Waals surface area contributed by atoms with Crippen molar-refractivity contribution in [1.82, 2.24) is 9.97 Å². The SMILES string of the molecule is CSc1nc(N2CCOC[C@H]2C)cc(C2(S(=N)(=O)c3ccccc3)CCOCC2)n1. The summed E-state index contributed by atoms with van der Waals surface area (Å²) in [7, 11) is -3.19. The van der Waals surface area contributed by atoms with E-state index >= 15 is 0 Å². The van der Waals surface area contributed by atoms with Gasteiger partial charge in [0.1, 0.15) is 10.6 Å². The maximum Gasteiger partial charge on any atom is 0.189 e. The summed E-state index contributed by atoms with van der Waals surface area (Å²) in [4.78, 5) is 12.3. The Balaban J connectivity index is 1.87. The molecule has 0 amide bonds. The third-order valence-electron chi connectivity index (χ3n) is 5.93. The molecule has 1 aromatic carbocycles. The van der Waals surface area contributed by atoms with Crippen LogP contribution in [0.4, 0.5) is 5.82 Å². The van der Waals surface area contributed by atoms with Crippen LogP contribution in [0, 0.1) is 4.78 Å². The minimum atomic E-state index is -3.19. The first-order valence-electron chi connectivity index (χ1n) is 10.2. The number of nitrogens with zero attached hydrogens (tertiary/aromatic N) is 3. The number of hydrogen-bond donors (Lipinski definition) is 1. The Labute approximate surface area is 182 Å². The quantitative estimate of drug-likeness (QED) is 0.553. The lowest BCUT2D eigenvalue weighted by Crippen LogP contribution is -2.45. The zero-order chi connectivity index (χ0) is 21.2. The summed E-state index contributed by atoms with van der Waals surface area (Å²) in [5.41, 5.74) is 0.683. The molecule has 2 aliphatic rings. The zero-order valence-electron chi connectivity index (χ0n) is 17.4. The van der Waals surface area contributed by atoms with E-state index < -0.39 is 14.5 Å². The summed E-state index contributed by atoms with van der Waals surface area (Å²) in [5, 5.41) is 0.635. The van der Waals surface area contributed by atoms with Crippen molar-refractivity contribution in [3.63, 3.8) is 0 Å². The molecule has 9 heteroatoms. The molecule has 0 radical (unpaired) electrons. The Kier molecular flexibility index (Phi) is 6.34. The normalized spacial score (nSPS) is 23.7. The van der Waals surface area contributed by atoms with Crippen molar-refractivity contribution in [1.29, 1.82) is 4.78 Å². The standard InChI is InChI=1S/C21H28N4O3S2/c1-16-15-28-13-10-25(16)19-14-18(23-20(24-19)29-2)21(8-11-27-12-9-21)30(22,26)17-6-4-3-5-7-17/h3-7,14,16,22H,8-13,15H2,1-2H3/t16-,30?/m1/s1. The average molecular weight is 449 g/mol. The van der Waals surface area contributed by atoms with Gasteiger partial charge < -0.3 is 14.4 Å². The Hall–Kier alpha value is -1.68. The lowest BCUT2D eigenvalue weighted by Gasteiger charge is -2.39. The molecule has 30 heavy (non-hydrogen) atoms. The Morgan fingerprint density at radius 1 is 1.17 bits per heavy atom. The maximum absolute atomic E-state index is 14.1. The fourth-order valence-corrected chi connectivity index (χ4v) is 6.69. The van der Waals surface area contributed by atoms with Gasteiger partial charge in [-0.15, -0.1) is 0 Å². The highest BCUT2D eigenvalue weighted by atomic mass is 32.2. The van der Waals surface area contributed by atoms with Crippen molar-refractivity contribution in [2.24, 2.45) is 0 Å². The first-order valence-corrected chi connectivity index (χ1v) is 13.0. The van der Waals surface area contributed by atoms with Crippen LogP contribution < -0.4 is 4.90 Å². The van der Waals surface area contributed by atoms with E-state index in [0.29, 0.717) is 55.0 Å². The molecule has 2 atom stereocenters. The predicted octanol–water partition coefficient (Wildman–Crippen LogP) is 3.54. The van der Waals surface area contributed by atoms with Crippen LogP contribution in [0.5, 0.6) is 0 Å². The van der Waals surface area contributed by atoms with Gasteiger partial charge in [0, 0.05) is 30.7 Å². The fourth-order valence-electron chi connectivity index (χ4n) is 4.18. The van der Waals surface area contributed by atoms with Gasteiger partial charge in [0.15, 0.2) is 5.16 Å². The van der Waals surface area contributed by atoms with Gasteiger partial charge in [-0.25, -0.2) is 19.0 Å². The topological polar surface area (TPSA) is 88.4 Å². The number of hydrogen-bond acceptors (Lipinski definition) is 8. The molecule has 0 aliphatic carbocycles. The number of nitrogens with one attached hydrogen (secondary N) is 1. The van der Waals surface area contributed by atoms with Crippen LogP contribution in [0.25, 0.3) is 0 Å². The van der Waals surface area contributed by atoms with Gasteiger partial charge in [0.2, 0.25) is 0 Å². The third kappa shape index (κ3) is 3.84. The first-order chi connectivity index (χ1) is 14.5. The van der Waals surface area contributed by atoms with Crippen molar-refractivity contribution in [2.45, 2.75) is 40.6 Å². The highest BCUT2D eigenvalue weighted by molar-refractivity contribution is 7.98. The average Bonchev–Trinajstić information content (AvgIpc) is 2.80. The van der Waals surface area contributed by atoms with Gasteiger partial charge in [-0.05, 0) is 38.2 Å². The molecule has 1 aromatic heterocycles. The fraction of sp³-hybridized carbons (Fsp3) is 0.524. The molecule has 3 heterocycles. The molecule has 0 bridgehead atoms. The lowest BCUT2D eigenvalue weighted by atomic mass is 9.94. The highest BCUT2D eigenvalue weighted by Crippen LogP contribution is 2.44. The molecular formula is C21H28N4O3S2. The minimum Gasteiger partial charge on any atom is -0.381 e. The third-order valence-corrected chi connectivity index (χ3v) is 9.13. The summed E-state index contributed by atoms with van der Waals surface area (Å²) in [6.45, 7) is 5.08. The van der Waals surface area contributed by atoms with Crippen LogP contribution in [-0.4, -0.2) is 59.4 Å². The zero-order valence-corrected chi connectivity index (χ0v) is 19.0. The highest BCUT2D eigenvalue weighted by Gasteiger charge is 2.46. The number of rotatable bonds is 5. The maximum atomic E-state index is 14.1. The van der Waals surface area contributed by atoms with Gasteiger partial charge in [-0.2, -0.15) is 0 Å². The van der Waals surface area contributed by atoms with E-state index in [4.69, 9.17) is 24.2 Å². The number of anilines is 1. The van der Waals surface area contributed by atoms with E-state index in [2.05, 4.69) is 11.8 Å². The second-order valence-electron chi connectivity index (χ2n) is 7.69. The summed E-state index contributed by atoms with van der Waals surface area (Å²) in [6, 6.07) is 11.3. The number of benzene rings is 1. The summed E-state index contributed by atoms with van der Waals surface area (Å²) < 4.78 is 33.5. The van der Waals surface area contributed by atoms with Crippen molar-refractivity contribution < 1.29 is 13.7 Å². The molecular weight excluding hydrogens is 420 g/mol. The molecule has 0 spiro atoms. The first kappa shape index (κ1) is 21.5. The lowest BCUT2D eigenvalue weighted by molar-refractivity contribution is 0.0736. The molecule has 2 aromatic rings. The van der Waals surface area contributed by atoms with E-state index in [1.54, 1.807) is 12.1 Å². The molecule has 2 saturated heterocycles. The van der Waals surface area contributed by atoms with Gasteiger partial charge in [-0.3, -0.25) is 0 Å². The van der Waals surface area contributed by atoms with Gasteiger partial charge >= 0.3 is 0 Å². The monoisotopic (exact) mass is 448 g/mol. The molecule has 7 nitrogen and oxygen atoms in total. The van der Waals surface area contributed by atoms with Gasteiger partial charge in [-0.1, -0.05) is 30.0 Å². The predicted molar refractivity (Wildman–Crippen MR) is 119 cm³/mol. The van der Waals surface area contributed by atoms with Crippen molar-refractivity contribution >= 4 is 27.3 Å². The Morgan fingerprint density at radius 2 is 1.90 bits per heavy atom. The second-order valence-corrected chi connectivity index (χ2v) is 10.8. The van der Waals surface area contributed by atoms with Gasteiger partial charge in [0.25, 0.3) is 0 Å². The van der Waals surface area contributed by atoms with Crippen LogP contribution >= 0.6 is 11.8 Å². The van der Waals surface area contributed by atoms with Gasteiger partial charge in [0.05, 0.1) is 34.7 Å². The molecule has 162 valence electrons. The number of ether oxygens (including phenoxy) is 2. The molecule has 1 unspecified atom stereocenters. The number of thioether (sulfide) groups is 1. The Morgan fingerprint density at radius 3 is 2.57 bits per heavy atom.